The van der Waals surface area contributed by atoms with Crippen LogP contribution in [-0.4, -0.2) is 40.0 Å². The van der Waals surface area contributed by atoms with Crippen molar-refractivity contribution >= 4 is 11.6 Å². The Balaban J connectivity index is 2.34. The summed E-state index contributed by atoms with van der Waals surface area (Å²) in [6, 6.07) is 2.77. The molecule has 1 saturated heterocycles. The lowest BCUT2D eigenvalue weighted by Crippen LogP contribution is -2.46. The molecule has 1 aromatic rings. The number of aliphatic hydroxyl groups is 1. The molecule has 1 aliphatic heterocycles. The molecule has 1 N–H and O–H groups in total. The minimum atomic E-state index is -0.690. The van der Waals surface area contributed by atoms with E-state index in [1.807, 2.05) is 6.92 Å². The van der Waals surface area contributed by atoms with Gasteiger partial charge in [-0.25, -0.2) is 4.39 Å². The van der Waals surface area contributed by atoms with E-state index >= 15 is 0 Å². The minimum absolute atomic E-state index is 0.0399. The number of benzene rings is 1. The first-order chi connectivity index (χ1) is 9.93. The summed E-state index contributed by atoms with van der Waals surface area (Å²) in [4.78, 5) is 24.3. The fourth-order valence-electron chi connectivity index (χ4n) is 2.61. The Hall–Kier alpha value is -2.02. The number of nitro groups is 1. The standard InChI is InChI=1S/C14H17FN2O4/c1-9-2-3-10(8-18)7-16(9)14(19)12-6-11(15)4-5-13(12)17(20)21/h4-6,9-10,18H,2-3,7-8H2,1H3. The highest BCUT2D eigenvalue weighted by Gasteiger charge is 2.32. The third kappa shape index (κ3) is 3.18. The van der Waals surface area contributed by atoms with Crippen LogP contribution in [-0.2, 0) is 0 Å². The van der Waals surface area contributed by atoms with Crippen molar-refractivity contribution in [1.29, 1.82) is 0 Å². The van der Waals surface area contributed by atoms with Gasteiger partial charge in [0.05, 0.1) is 4.92 Å². The fraction of sp³-hybridized carbons (Fsp3) is 0.500. The zero-order valence-electron chi connectivity index (χ0n) is 11.7. The average molecular weight is 296 g/mol. The van der Waals surface area contributed by atoms with Crippen LogP contribution in [0.15, 0.2) is 18.2 Å². The lowest BCUT2D eigenvalue weighted by atomic mass is 9.93. The number of likely N-dealkylation sites (tertiary alicyclic amines) is 1. The van der Waals surface area contributed by atoms with E-state index in [1.54, 1.807) is 0 Å². The van der Waals surface area contributed by atoms with Crippen LogP contribution in [0.3, 0.4) is 0 Å². The highest BCUT2D eigenvalue weighted by molar-refractivity contribution is 5.98. The van der Waals surface area contributed by atoms with Gasteiger partial charge in [0.15, 0.2) is 0 Å². The number of rotatable bonds is 3. The van der Waals surface area contributed by atoms with E-state index in [2.05, 4.69) is 0 Å². The summed E-state index contributed by atoms with van der Waals surface area (Å²) in [6.07, 6.45) is 1.51. The summed E-state index contributed by atoms with van der Waals surface area (Å²) >= 11 is 0. The first-order valence-corrected chi connectivity index (χ1v) is 6.79. The number of piperidine rings is 1. The summed E-state index contributed by atoms with van der Waals surface area (Å²) < 4.78 is 13.3. The van der Waals surface area contributed by atoms with Crippen molar-refractivity contribution < 1.29 is 19.2 Å². The average Bonchev–Trinajstić information content (AvgIpc) is 2.46. The molecule has 21 heavy (non-hydrogen) atoms. The molecule has 114 valence electrons. The lowest BCUT2D eigenvalue weighted by molar-refractivity contribution is -0.385. The largest absolute Gasteiger partial charge is 0.396 e. The Morgan fingerprint density at radius 2 is 2.24 bits per heavy atom. The van der Waals surface area contributed by atoms with Crippen LogP contribution in [0, 0.1) is 21.8 Å². The van der Waals surface area contributed by atoms with Crippen LogP contribution >= 0.6 is 0 Å². The fourth-order valence-corrected chi connectivity index (χ4v) is 2.61. The number of aliphatic hydroxyl groups excluding tert-OH is 1. The molecule has 7 heteroatoms. The van der Waals surface area contributed by atoms with Gasteiger partial charge in [0.25, 0.3) is 11.6 Å². The maximum absolute atomic E-state index is 13.3. The molecule has 2 atom stereocenters. The van der Waals surface area contributed by atoms with Crippen molar-refractivity contribution in [3.8, 4) is 0 Å². The normalized spacial score (nSPS) is 22.1. The Kier molecular flexibility index (Phi) is 4.52. The quantitative estimate of drug-likeness (QED) is 0.682. The van der Waals surface area contributed by atoms with Crippen LogP contribution in [0.5, 0.6) is 0 Å². The predicted molar refractivity (Wildman–Crippen MR) is 73.4 cm³/mol. The molecule has 1 aromatic carbocycles. The van der Waals surface area contributed by atoms with Crippen molar-refractivity contribution in [1.82, 2.24) is 4.90 Å². The highest BCUT2D eigenvalue weighted by Crippen LogP contribution is 2.27. The first kappa shape index (κ1) is 15.4. The molecular formula is C14H17FN2O4. The molecule has 2 unspecified atom stereocenters. The minimum Gasteiger partial charge on any atom is -0.396 e. The van der Waals surface area contributed by atoms with Gasteiger partial charge in [0, 0.05) is 25.3 Å². The smallest absolute Gasteiger partial charge is 0.282 e. The number of amides is 1. The van der Waals surface area contributed by atoms with Crippen LogP contribution in [0.4, 0.5) is 10.1 Å². The van der Waals surface area contributed by atoms with Gasteiger partial charge >= 0.3 is 0 Å². The van der Waals surface area contributed by atoms with E-state index in [4.69, 9.17) is 0 Å². The summed E-state index contributed by atoms with van der Waals surface area (Å²) in [7, 11) is 0. The molecule has 6 nitrogen and oxygen atoms in total. The second kappa shape index (κ2) is 6.17. The van der Waals surface area contributed by atoms with Gasteiger partial charge in [0.1, 0.15) is 11.4 Å². The van der Waals surface area contributed by atoms with Crippen molar-refractivity contribution in [2.45, 2.75) is 25.8 Å². The Bertz CT molecular complexity index is 564. The Labute approximate surface area is 121 Å². The number of carbonyl (C=O) groups is 1. The molecular weight excluding hydrogens is 279 g/mol. The predicted octanol–water partition coefficient (Wildman–Crippen LogP) is 1.97. The van der Waals surface area contributed by atoms with Crippen molar-refractivity contribution in [2.75, 3.05) is 13.2 Å². The van der Waals surface area contributed by atoms with E-state index in [0.717, 1.165) is 24.6 Å². The van der Waals surface area contributed by atoms with Gasteiger partial charge in [-0.05, 0) is 37.8 Å². The number of halogens is 1. The second-order valence-electron chi connectivity index (χ2n) is 5.35. The molecule has 1 fully saturated rings. The molecule has 0 aromatic heterocycles. The third-order valence-electron chi connectivity index (χ3n) is 3.88. The zero-order valence-corrected chi connectivity index (χ0v) is 11.7. The maximum atomic E-state index is 13.3. The molecule has 0 bridgehead atoms. The summed E-state index contributed by atoms with van der Waals surface area (Å²) in [5.74, 6) is -1.29. The monoisotopic (exact) mass is 296 g/mol. The van der Waals surface area contributed by atoms with Crippen LogP contribution < -0.4 is 0 Å². The molecule has 1 amide bonds. The first-order valence-electron chi connectivity index (χ1n) is 6.79. The van der Waals surface area contributed by atoms with Crippen LogP contribution in [0.25, 0.3) is 0 Å². The van der Waals surface area contributed by atoms with Gasteiger partial charge in [-0.3, -0.25) is 14.9 Å². The van der Waals surface area contributed by atoms with Crippen molar-refractivity contribution in [3.05, 3.63) is 39.7 Å². The number of nitro benzene ring substituents is 1. The Morgan fingerprint density at radius 1 is 1.52 bits per heavy atom. The third-order valence-corrected chi connectivity index (χ3v) is 3.88. The second-order valence-corrected chi connectivity index (χ2v) is 5.35. The lowest BCUT2D eigenvalue weighted by Gasteiger charge is -2.37. The SMILES string of the molecule is CC1CCC(CO)CN1C(=O)c1cc(F)ccc1[N+](=O)[O-]. The van der Waals surface area contributed by atoms with E-state index < -0.39 is 22.3 Å². The van der Waals surface area contributed by atoms with Crippen molar-refractivity contribution in [3.63, 3.8) is 0 Å². The molecule has 0 saturated carbocycles. The van der Waals surface area contributed by atoms with Gasteiger partial charge in [-0.2, -0.15) is 0 Å². The van der Waals surface area contributed by atoms with Gasteiger partial charge < -0.3 is 10.0 Å². The number of nitrogens with zero attached hydrogens (tertiary/aromatic N) is 2. The highest BCUT2D eigenvalue weighted by atomic mass is 19.1. The summed E-state index contributed by atoms with van der Waals surface area (Å²) in [5, 5.41) is 20.2. The zero-order chi connectivity index (χ0) is 15.6. The molecule has 1 aliphatic rings. The maximum Gasteiger partial charge on any atom is 0.282 e. The van der Waals surface area contributed by atoms with Gasteiger partial charge in [0.2, 0.25) is 0 Å². The van der Waals surface area contributed by atoms with Gasteiger partial charge in [-0.15, -0.1) is 0 Å². The number of hydrogen-bond acceptors (Lipinski definition) is 4. The summed E-state index contributed by atoms with van der Waals surface area (Å²) in [5.41, 5.74) is -0.648. The molecule has 2 rings (SSSR count). The number of carbonyl (C=O) groups excluding carboxylic acids is 1. The van der Waals surface area contributed by atoms with Crippen molar-refractivity contribution in [2.24, 2.45) is 5.92 Å². The number of hydrogen-bond donors (Lipinski definition) is 1. The van der Waals surface area contributed by atoms with E-state index in [-0.39, 0.29) is 24.1 Å². The molecule has 0 radical (unpaired) electrons. The van der Waals surface area contributed by atoms with E-state index in [0.29, 0.717) is 13.0 Å². The van der Waals surface area contributed by atoms with Gasteiger partial charge in [-0.1, -0.05) is 0 Å². The Morgan fingerprint density at radius 3 is 2.86 bits per heavy atom. The molecule has 0 aliphatic carbocycles. The topological polar surface area (TPSA) is 83.7 Å². The van der Waals surface area contributed by atoms with E-state index in [9.17, 15) is 24.4 Å². The van der Waals surface area contributed by atoms with Crippen LogP contribution in [0.2, 0.25) is 0 Å². The van der Waals surface area contributed by atoms with Crippen LogP contribution in [0.1, 0.15) is 30.1 Å². The summed E-state index contributed by atoms with van der Waals surface area (Å²) in [6.45, 7) is 2.13. The van der Waals surface area contributed by atoms with E-state index in [1.165, 1.54) is 4.90 Å². The molecule has 0 spiro atoms. The molecule has 1 heterocycles.